The number of hydrogen-bond donors (Lipinski definition) is 2. The Morgan fingerprint density at radius 2 is 1.89 bits per heavy atom. The van der Waals surface area contributed by atoms with Crippen LogP contribution in [0.1, 0.15) is 10.4 Å². The lowest BCUT2D eigenvalue weighted by Gasteiger charge is -2.10. The van der Waals surface area contributed by atoms with E-state index in [0.29, 0.717) is 5.75 Å². The number of amides is 1. The summed E-state index contributed by atoms with van der Waals surface area (Å²) in [6.45, 7) is 0. The first-order valence-corrected chi connectivity index (χ1v) is 6.38. The number of ether oxygens (including phenoxy) is 1. The van der Waals surface area contributed by atoms with Crippen molar-refractivity contribution in [2.45, 2.75) is 0 Å². The lowest BCUT2D eigenvalue weighted by Crippen LogP contribution is -2.14. The molecule has 2 aromatic carbocycles. The molecule has 0 aromatic heterocycles. The fourth-order valence-corrected chi connectivity index (χ4v) is 2.00. The molecule has 0 aliphatic rings. The van der Waals surface area contributed by atoms with Crippen LogP contribution in [0.2, 0.25) is 0 Å². The van der Waals surface area contributed by atoms with Crippen molar-refractivity contribution in [1.82, 2.24) is 0 Å². The summed E-state index contributed by atoms with van der Waals surface area (Å²) in [7, 11) is 0. The van der Waals surface area contributed by atoms with Crippen LogP contribution < -0.4 is 16.2 Å². The summed E-state index contributed by atoms with van der Waals surface area (Å²) < 4.78 is 20.0. The van der Waals surface area contributed by atoms with E-state index in [4.69, 9.17) is 16.2 Å². The van der Waals surface area contributed by atoms with E-state index in [1.807, 2.05) is 12.1 Å². The highest BCUT2D eigenvalue weighted by atomic mass is 127. The summed E-state index contributed by atoms with van der Waals surface area (Å²) in [5.41, 5.74) is 10.7. The molecule has 0 spiro atoms. The monoisotopic (exact) mass is 372 g/mol. The molecule has 0 aliphatic carbocycles. The van der Waals surface area contributed by atoms with Crippen LogP contribution in [-0.4, -0.2) is 5.91 Å². The van der Waals surface area contributed by atoms with Gasteiger partial charge < -0.3 is 16.2 Å². The lowest BCUT2D eigenvalue weighted by molar-refractivity contribution is 0.100. The second kappa shape index (κ2) is 5.43. The maximum atomic E-state index is 13.8. The van der Waals surface area contributed by atoms with Crippen molar-refractivity contribution in [1.29, 1.82) is 0 Å². The smallest absolute Gasteiger partial charge is 0.250 e. The Labute approximate surface area is 122 Å². The van der Waals surface area contributed by atoms with E-state index in [2.05, 4.69) is 22.6 Å². The highest BCUT2D eigenvalue weighted by molar-refractivity contribution is 14.1. The number of hydrogen-bond acceptors (Lipinski definition) is 3. The van der Waals surface area contributed by atoms with E-state index < -0.39 is 11.7 Å². The molecule has 2 aromatic rings. The van der Waals surface area contributed by atoms with Crippen molar-refractivity contribution in [3.05, 3.63) is 51.3 Å². The maximum Gasteiger partial charge on any atom is 0.250 e. The van der Waals surface area contributed by atoms with Crippen LogP contribution in [0.3, 0.4) is 0 Å². The highest BCUT2D eigenvalue weighted by Crippen LogP contribution is 2.30. The van der Waals surface area contributed by atoms with Crippen molar-refractivity contribution in [2.24, 2.45) is 5.73 Å². The molecule has 0 atom stereocenters. The van der Waals surface area contributed by atoms with Gasteiger partial charge in [-0.2, -0.15) is 0 Å². The van der Waals surface area contributed by atoms with Gasteiger partial charge in [0.1, 0.15) is 5.75 Å². The molecule has 0 unspecified atom stereocenters. The summed E-state index contributed by atoms with van der Waals surface area (Å²) in [5, 5.41) is 0. The first-order valence-electron chi connectivity index (χ1n) is 5.30. The Morgan fingerprint density at radius 3 is 2.53 bits per heavy atom. The molecule has 2 rings (SSSR count). The van der Waals surface area contributed by atoms with Crippen molar-refractivity contribution >= 4 is 34.2 Å². The Bertz CT molecular complexity index is 647. The summed E-state index contributed by atoms with van der Waals surface area (Å²) in [4.78, 5) is 11.2. The predicted octanol–water partition coefficient (Wildman–Crippen LogP) is 2.90. The number of benzene rings is 2. The molecule has 1 amide bonds. The summed E-state index contributed by atoms with van der Waals surface area (Å²) in [6, 6.07) is 9.34. The van der Waals surface area contributed by atoms with Gasteiger partial charge in [0.25, 0.3) is 5.91 Å². The zero-order valence-corrected chi connectivity index (χ0v) is 11.8. The average molecular weight is 372 g/mol. The lowest BCUT2D eigenvalue weighted by atomic mass is 10.1. The number of anilines is 1. The fourth-order valence-electron chi connectivity index (χ4n) is 1.51. The third kappa shape index (κ3) is 2.95. The van der Waals surface area contributed by atoms with E-state index in [-0.39, 0.29) is 17.0 Å². The molecular weight excluding hydrogens is 362 g/mol. The summed E-state index contributed by atoms with van der Waals surface area (Å²) in [5.74, 6) is -0.985. The third-order valence-electron chi connectivity index (χ3n) is 2.43. The van der Waals surface area contributed by atoms with Gasteiger partial charge >= 0.3 is 0 Å². The molecule has 4 nitrogen and oxygen atoms in total. The van der Waals surface area contributed by atoms with Crippen LogP contribution in [-0.2, 0) is 0 Å². The van der Waals surface area contributed by atoms with E-state index in [9.17, 15) is 9.18 Å². The molecule has 6 heteroatoms. The van der Waals surface area contributed by atoms with Gasteiger partial charge in [-0.05, 0) is 40.8 Å². The minimum atomic E-state index is -0.731. The van der Waals surface area contributed by atoms with Crippen LogP contribution in [0.15, 0.2) is 36.4 Å². The average Bonchev–Trinajstić information content (AvgIpc) is 2.34. The molecule has 0 saturated heterocycles. The molecule has 4 N–H and O–H groups in total. The standard InChI is InChI=1S/C13H10FIN2O2/c14-8-6-10(16)7(13(17)18)5-12(8)19-11-4-2-1-3-9(11)15/h1-6H,16H2,(H2,17,18). The largest absolute Gasteiger partial charge is 0.453 e. The van der Waals surface area contributed by atoms with Gasteiger partial charge in [0.15, 0.2) is 11.6 Å². The second-order valence-electron chi connectivity index (χ2n) is 3.77. The summed E-state index contributed by atoms with van der Waals surface area (Å²) >= 11 is 2.06. The zero-order chi connectivity index (χ0) is 14.0. The minimum absolute atomic E-state index is 0.0138. The van der Waals surface area contributed by atoms with Crippen LogP contribution in [0, 0.1) is 9.39 Å². The van der Waals surface area contributed by atoms with Gasteiger partial charge in [0.05, 0.1) is 9.13 Å². The first-order chi connectivity index (χ1) is 8.99. The number of nitrogen functional groups attached to an aromatic ring is 1. The topological polar surface area (TPSA) is 78.3 Å². The maximum absolute atomic E-state index is 13.8. The number of primary amides is 1. The van der Waals surface area contributed by atoms with Crippen LogP contribution in [0.4, 0.5) is 10.1 Å². The highest BCUT2D eigenvalue weighted by Gasteiger charge is 2.14. The molecule has 0 radical (unpaired) electrons. The minimum Gasteiger partial charge on any atom is -0.453 e. The Kier molecular flexibility index (Phi) is 3.89. The third-order valence-corrected chi connectivity index (χ3v) is 3.32. The molecular formula is C13H10FIN2O2. The molecule has 0 heterocycles. The van der Waals surface area contributed by atoms with E-state index in [1.165, 1.54) is 6.07 Å². The first kappa shape index (κ1) is 13.6. The van der Waals surface area contributed by atoms with Crippen molar-refractivity contribution in [3.63, 3.8) is 0 Å². The van der Waals surface area contributed by atoms with E-state index in [0.717, 1.165) is 9.64 Å². The van der Waals surface area contributed by atoms with Gasteiger partial charge in [-0.1, -0.05) is 12.1 Å². The predicted molar refractivity (Wildman–Crippen MR) is 78.6 cm³/mol. The van der Waals surface area contributed by atoms with Gasteiger partial charge in [-0.3, -0.25) is 4.79 Å². The van der Waals surface area contributed by atoms with E-state index in [1.54, 1.807) is 12.1 Å². The number of halogens is 2. The normalized spacial score (nSPS) is 10.2. The Hall–Kier alpha value is -1.83. The number of para-hydroxylation sites is 1. The Morgan fingerprint density at radius 1 is 1.21 bits per heavy atom. The zero-order valence-electron chi connectivity index (χ0n) is 9.69. The van der Waals surface area contributed by atoms with Crippen LogP contribution in [0.25, 0.3) is 0 Å². The Balaban J connectivity index is 2.43. The van der Waals surface area contributed by atoms with Crippen molar-refractivity contribution < 1.29 is 13.9 Å². The molecule has 0 aliphatic heterocycles. The quantitative estimate of drug-likeness (QED) is 0.643. The number of carbonyl (C=O) groups excluding carboxylic acids is 1. The molecule has 0 saturated carbocycles. The van der Waals surface area contributed by atoms with Gasteiger partial charge in [0, 0.05) is 11.8 Å². The number of rotatable bonds is 3. The summed E-state index contributed by atoms with van der Waals surface area (Å²) in [6.07, 6.45) is 0. The molecule has 19 heavy (non-hydrogen) atoms. The fraction of sp³-hybridized carbons (Fsp3) is 0. The number of carbonyl (C=O) groups is 1. The van der Waals surface area contributed by atoms with Gasteiger partial charge in [-0.25, -0.2) is 4.39 Å². The van der Waals surface area contributed by atoms with Crippen molar-refractivity contribution in [2.75, 3.05) is 5.73 Å². The van der Waals surface area contributed by atoms with Crippen LogP contribution >= 0.6 is 22.6 Å². The number of nitrogens with two attached hydrogens (primary N) is 2. The van der Waals surface area contributed by atoms with Crippen LogP contribution in [0.5, 0.6) is 11.5 Å². The molecule has 98 valence electrons. The van der Waals surface area contributed by atoms with Gasteiger partial charge in [-0.15, -0.1) is 0 Å². The molecule has 0 fully saturated rings. The van der Waals surface area contributed by atoms with Gasteiger partial charge in [0.2, 0.25) is 0 Å². The second-order valence-corrected chi connectivity index (χ2v) is 4.93. The van der Waals surface area contributed by atoms with E-state index >= 15 is 0 Å². The SMILES string of the molecule is NC(=O)c1cc(Oc2ccccc2I)c(F)cc1N. The molecule has 0 bridgehead atoms. The van der Waals surface area contributed by atoms with Crippen molar-refractivity contribution in [3.8, 4) is 11.5 Å².